The van der Waals surface area contributed by atoms with Crippen LogP contribution in [0.5, 0.6) is 0 Å². The van der Waals surface area contributed by atoms with E-state index in [1.165, 1.54) is 64.2 Å². The number of carbonyl (C=O) groups is 1. The number of hydrogen-bond donors (Lipinski definition) is 0. The van der Waals surface area contributed by atoms with E-state index in [9.17, 15) is 4.79 Å². The molecule has 0 aliphatic heterocycles. The van der Waals surface area contributed by atoms with E-state index in [-0.39, 0.29) is 5.41 Å². The lowest BCUT2D eigenvalue weighted by atomic mass is 9.47. The number of fused-ring (bicyclic) bond motifs is 5. The van der Waals surface area contributed by atoms with Gasteiger partial charge in [0.2, 0.25) is 0 Å². The van der Waals surface area contributed by atoms with Crippen molar-refractivity contribution in [2.24, 2.45) is 46.3 Å². The number of Topliss-reactive ketones (excluding diaryl/α,β-unsaturated/α-hetero) is 1. The molecule has 3 fully saturated rings. The Kier molecular flexibility index (Phi) is 5.60. The zero-order chi connectivity index (χ0) is 20.1. The minimum absolute atomic E-state index is 0.270. The fourth-order valence-corrected chi connectivity index (χ4v) is 8.51. The monoisotopic (exact) mass is 384 g/mol. The molecular formula is C27H44O. The van der Waals surface area contributed by atoms with Crippen LogP contribution in [-0.4, -0.2) is 5.78 Å². The van der Waals surface area contributed by atoms with Gasteiger partial charge in [-0.3, -0.25) is 4.79 Å². The first-order chi connectivity index (χ1) is 13.3. The lowest BCUT2D eigenvalue weighted by molar-refractivity contribution is -0.124. The summed E-state index contributed by atoms with van der Waals surface area (Å²) in [7, 11) is 0. The molecule has 0 heterocycles. The van der Waals surface area contributed by atoms with Crippen molar-refractivity contribution in [3.8, 4) is 0 Å². The number of hydrogen-bond acceptors (Lipinski definition) is 1. The predicted octanol–water partition coefficient (Wildman–Crippen LogP) is 7.60. The Morgan fingerprint density at radius 1 is 1.07 bits per heavy atom. The SMILES string of the molecule is CC(C)CCC[C@@H](C)[C@H]1C(=O)C[C@H]2[C@@H]3CC=C4CCCC[C@]4(C)[C@H]3CC[C@]12C. The Hall–Kier alpha value is -0.590. The molecule has 0 saturated heterocycles. The molecule has 0 bridgehead atoms. The first-order valence-corrected chi connectivity index (χ1v) is 12.5. The van der Waals surface area contributed by atoms with Gasteiger partial charge in [-0.25, -0.2) is 0 Å². The molecule has 0 aromatic heterocycles. The third-order valence-electron chi connectivity index (χ3n) is 9.94. The lowest BCUT2D eigenvalue weighted by Gasteiger charge is -2.57. The maximum absolute atomic E-state index is 13.3. The zero-order valence-corrected chi connectivity index (χ0v) is 19.2. The van der Waals surface area contributed by atoms with Gasteiger partial charge >= 0.3 is 0 Å². The molecule has 4 aliphatic rings. The van der Waals surface area contributed by atoms with Gasteiger partial charge in [0.05, 0.1) is 0 Å². The summed E-state index contributed by atoms with van der Waals surface area (Å²) in [6.45, 7) is 12.1. The topological polar surface area (TPSA) is 17.1 Å². The third-order valence-corrected chi connectivity index (χ3v) is 9.94. The van der Waals surface area contributed by atoms with Gasteiger partial charge < -0.3 is 0 Å². The molecule has 0 radical (unpaired) electrons. The van der Waals surface area contributed by atoms with Crippen LogP contribution < -0.4 is 0 Å². The summed E-state index contributed by atoms with van der Waals surface area (Å²) in [6, 6.07) is 0. The minimum atomic E-state index is 0.270. The van der Waals surface area contributed by atoms with Crippen molar-refractivity contribution in [3.63, 3.8) is 0 Å². The molecule has 28 heavy (non-hydrogen) atoms. The van der Waals surface area contributed by atoms with Crippen molar-refractivity contribution >= 4 is 5.78 Å². The summed E-state index contributed by atoms with van der Waals surface area (Å²) in [5.74, 6) is 4.55. The van der Waals surface area contributed by atoms with Gasteiger partial charge in [-0.2, -0.15) is 0 Å². The Morgan fingerprint density at radius 3 is 2.61 bits per heavy atom. The summed E-state index contributed by atoms with van der Waals surface area (Å²) < 4.78 is 0. The number of ketones is 1. The van der Waals surface area contributed by atoms with Crippen LogP contribution in [0.3, 0.4) is 0 Å². The summed E-state index contributed by atoms with van der Waals surface area (Å²) in [6.07, 6.45) is 16.8. The summed E-state index contributed by atoms with van der Waals surface area (Å²) in [5, 5.41) is 0. The molecule has 1 nitrogen and oxygen atoms in total. The maximum atomic E-state index is 13.3. The molecule has 0 spiro atoms. The molecule has 0 N–H and O–H groups in total. The molecule has 0 aromatic carbocycles. The van der Waals surface area contributed by atoms with Crippen LogP contribution in [-0.2, 0) is 4.79 Å². The van der Waals surface area contributed by atoms with E-state index in [0.717, 1.165) is 24.2 Å². The van der Waals surface area contributed by atoms with Crippen molar-refractivity contribution in [1.29, 1.82) is 0 Å². The van der Waals surface area contributed by atoms with E-state index >= 15 is 0 Å². The summed E-state index contributed by atoms with van der Waals surface area (Å²) >= 11 is 0. The van der Waals surface area contributed by atoms with Crippen LogP contribution in [0.2, 0.25) is 0 Å². The quantitative estimate of drug-likeness (QED) is 0.446. The average molecular weight is 385 g/mol. The highest BCUT2D eigenvalue weighted by molar-refractivity contribution is 5.85. The molecular weight excluding hydrogens is 340 g/mol. The second kappa shape index (κ2) is 7.59. The van der Waals surface area contributed by atoms with Crippen LogP contribution in [0.15, 0.2) is 11.6 Å². The van der Waals surface area contributed by atoms with Crippen molar-refractivity contribution < 1.29 is 4.79 Å². The number of carbonyl (C=O) groups excluding carboxylic acids is 1. The van der Waals surface area contributed by atoms with E-state index in [4.69, 9.17) is 0 Å². The van der Waals surface area contributed by atoms with Gasteiger partial charge in [-0.15, -0.1) is 0 Å². The van der Waals surface area contributed by atoms with E-state index < -0.39 is 0 Å². The van der Waals surface area contributed by atoms with Gasteiger partial charge in [0.15, 0.2) is 0 Å². The number of allylic oxidation sites excluding steroid dienone is 2. The maximum Gasteiger partial charge on any atom is 0.137 e. The van der Waals surface area contributed by atoms with Crippen LogP contribution in [0.1, 0.15) is 105 Å². The van der Waals surface area contributed by atoms with Crippen LogP contribution in [0, 0.1) is 46.3 Å². The molecule has 158 valence electrons. The van der Waals surface area contributed by atoms with Gasteiger partial charge in [-0.05, 0) is 85.4 Å². The van der Waals surface area contributed by atoms with Gasteiger partial charge in [0.25, 0.3) is 0 Å². The van der Waals surface area contributed by atoms with Gasteiger partial charge in [0, 0.05) is 12.3 Å². The Balaban J connectivity index is 1.54. The predicted molar refractivity (Wildman–Crippen MR) is 118 cm³/mol. The minimum Gasteiger partial charge on any atom is -0.299 e. The molecule has 0 amide bonds. The Bertz CT molecular complexity index is 630. The fourth-order valence-electron chi connectivity index (χ4n) is 8.51. The van der Waals surface area contributed by atoms with E-state index in [2.05, 4.69) is 40.7 Å². The smallest absolute Gasteiger partial charge is 0.137 e. The highest BCUT2D eigenvalue weighted by Gasteiger charge is 2.61. The molecule has 4 aliphatic carbocycles. The van der Waals surface area contributed by atoms with Crippen molar-refractivity contribution in [1.82, 2.24) is 0 Å². The highest BCUT2D eigenvalue weighted by Crippen LogP contribution is 2.66. The van der Waals surface area contributed by atoms with Crippen molar-refractivity contribution in [3.05, 3.63) is 11.6 Å². The molecule has 7 atom stereocenters. The fraction of sp³-hybridized carbons (Fsp3) is 0.889. The molecule has 0 unspecified atom stereocenters. The largest absolute Gasteiger partial charge is 0.299 e. The van der Waals surface area contributed by atoms with Crippen molar-refractivity contribution in [2.45, 2.75) is 105 Å². The molecule has 1 heteroatoms. The summed E-state index contributed by atoms with van der Waals surface area (Å²) in [4.78, 5) is 13.3. The van der Waals surface area contributed by atoms with E-state index in [1.54, 1.807) is 5.57 Å². The molecule has 0 aromatic rings. The zero-order valence-electron chi connectivity index (χ0n) is 19.2. The summed E-state index contributed by atoms with van der Waals surface area (Å²) in [5.41, 5.74) is 2.50. The Morgan fingerprint density at radius 2 is 1.86 bits per heavy atom. The lowest BCUT2D eigenvalue weighted by Crippen LogP contribution is -2.50. The van der Waals surface area contributed by atoms with E-state index in [1.807, 2.05) is 0 Å². The highest BCUT2D eigenvalue weighted by atomic mass is 16.1. The average Bonchev–Trinajstić information content (AvgIpc) is 2.91. The third kappa shape index (κ3) is 3.24. The van der Waals surface area contributed by atoms with Crippen LogP contribution >= 0.6 is 0 Å². The standard InChI is InChI=1S/C27H44O/c1-18(2)9-8-10-19(3)25-24(28)17-23-21-13-12-20-11-6-7-15-26(20,4)22(21)14-16-27(23,25)5/h12,18-19,21-23,25H,6-11,13-17H2,1-5H3/t19-,21-,22+,23+,25+,26+,27+/m1/s1. The Labute approximate surface area is 174 Å². The van der Waals surface area contributed by atoms with Crippen LogP contribution in [0.25, 0.3) is 0 Å². The first kappa shape index (κ1) is 20.7. The van der Waals surface area contributed by atoms with Crippen LogP contribution in [0.4, 0.5) is 0 Å². The van der Waals surface area contributed by atoms with Gasteiger partial charge in [0.1, 0.15) is 5.78 Å². The second-order valence-corrected chi connectivity index (χ2v) is 12.0. The first-order valence-electron chi connectivity index (χ1n) is 12.5. The molecule has 4 rings (SSSR count). The number of rotatable bonds is 5. The normalized spacial score (nSPS) is 43.9. The van der Waals surface area contributed by atoms with E-state index in [0.29, 0.717) is 29.0 Å². The second-order valence-electron chi connectivity index (χ2n) is 12.0. The molecule has 3 saturated carbocycles. The van der Waals surface area contributed by atoms with Gasteiger partial charge in [-0.1, -0.05) is 65.5 Å². The van der Waals surface area contributed by atoms with Crippen molar-refractivity contribution in [2.75, 3.05) is 0 Å².